The van der Waals surface area contributed by atoms with Crippen LogP contribution in [-0.2, 0) is 6.54 Å². The third kappa shape index (κ3) is 3.40. The number of pyridine rings is 1. The molecule has 18 heavy (non-hydrogen) atoms. The van der Waals surface area contributed by atoms with Crippen LogP contribution in [0, 0.1) is 0 Å². The van der Waals surface area contributed by atoms with Gasteiger partial charge in [0.1, 0.15) is 10.3 Å². The fourth-order valence-electron chi connectivity index (χ4n) is 1.59. The smallest absolute Gasteiger partial charge is 0.270 e. The van der Waals surface area contributed by atoms with E-state index in [0.29, 0.717) is 16.8 Å². The largest absolute Gasteiger partial charge is 0.346 e. The number of nitrogens with zero attached hydrogens (tertiary/aromatic N) is 3. The summed E-state index contributed by atoms with van der Waals surface area (Å²) >= 11 is 3.24. The fourth-order valence-corrected chi connectivity index (χ4v) is 1.93. The summed E-state index contributed by atoms with van der Waals surface area (Å²) in [6.07, 6.45) is 5.30. The van der Waals surface area contributed by atoms with Gasteiger partial charge in [-0.15, -0.1) is 0 Å². The van der Waals surface area contributed by atoms with Gasteiger partial charge in [0, 0.05) is 25.0 Å². The molecular weight excluding hydrogens is 296 g/mol. The second kappa shape index (κ2) is 5.77. The van der Waals surface area contributed by atoms with Gasteiger partial charge < -0.3 is 9.88 Å². The quantitative estimate of drug-likeness (QED) is 0.877. The Morgan fingerprint density at radius 3 is 3.06 bits per heavy atom. The summed E-state index contributed by atoms with van der Waals surface area (Å²) in [6, 6.07) is 5.26. The molecule has 1 amide bonds. The third-order valence-corrected chi connectivity index (χ3v) is 2.81. The number of rotatable bonds is 4. The molecule has 0 saturated carbocycles. The van der Waals surface area contributed by atoms with Crippen LogP contribution in [-0.4, -0.2) is 26.5 Å². The van der Waals surface area contributed by atoms with Crippen LogP contribution in [0.2, 0.25) is 0 Å². The molecule has 0 spiro atoms. The molecule has 0 aliphatic heterocycles. The number of imidazole rings is 1. The second-order valence-corrected chi connectivity index (χ2v) is 4.79. The Kier molecular flexibility index (Phi) is 4.09. The van der Waals surface area contributed by atoms with E-state index in [-0.39, 0.29) is 11.9 Å². The molecule has 2 aromatic rings. The summed E-state index contributed by atoms with van der Waals surface area (Å²) in [5, 5.41) is 2.89. The van der Waals surface area contributed by atoms with Crippen molar-refractivity contribution in [2.45, 2.75) is 19.5 Å². The first-order chi connectivity index (χ1) is 8.65. The van der Waals surface area contributed by atoms with Crippen LogP contribution in [0.5, 0.6) is 0 Å². The molecule has 0 saturated heterocycles. The van der Waals surface area contributed by atoms with Crippen LogP contribution in [0.3, 0.4) is 0 Å². The van der Waals surface area contributed by atoms with Crippen LogP contribution in [0.1, 0.15) is 17.4 Å². The lowest BCUT2D eigenvalue weighted by Crippen LogP contribution is -2.35. The Morgan fingerprint density at radius 1 is 1.56 bits per heavy atom. The summed E-state index contributed by atoms with van der Waals surface area (Å²) in [4.78, 5) is 20.0. The van der Waals surface area contributed by atoms with Crippen molar-refractivity contribution in [2.24, 2.45) is 0 Å². The van der Waals surface area contributed by atoms with Crippen molar-refractivity contribution in [2.75, 3.05) is 0 Å². The van der Waals surface area contributed by atoms with Crippen LogP contribution in [0.25, 0.3) is 0 Å². The fraction of sp³-hybridized carbons (Fsp3) is 0.250. The van der Waals surface area contributed by atoms with E-state index in [1.165, 1.54) is 0 Å². The topological polar surface area (TPSA) is 59.8 Å². The summed E-state index contributed by atoms with van der Waals surface area (Å²) in [5.74, 6) is -0.177. The minimum atomic E-state index is -0.177. The van der Waals surface area contributed by atoms with Crippen molar-refractivity contribution in [3.05, 3.63) is 47.2 Å². The zero-order valence-electron chi connectivity index (χ0n) is 9.88. The molecule has 1 N–H and O–H groups in total. The van der Waals surface area contributed by atoms with Gasteiger partial charge in [-0.2, -0.15) is 0 Å². The Labute approximate surface area is 113 Å². The number of nitrogens with one attached hydrogen (secondary N) is 1. The van der Waals surface area contributed by atoms with E-state index in [0.717, 1.165) is 0 Å². The number of hydrogen-bond donors (Lipinski definition) is 1. The molecule has 0 aliphatic rings. The van der Waals surface area contributed by atoms with Gasteiger partial charge in [0.25, 0.3) is 5.91 Å². The maximum absolute atomic E-state index is 11.9. The van der Waals surface area contributed by atoms with Crippen LogP contribution in [0.15, 0.2) is 41.5 Å². The van der Waals surface area contributed by atoms with E-state index in [2.05, 4.69) is 31.2 Å². The number of aromatic nitrogens is 3. The SMILES string of the molecule is CC(Cn1ccnc1)NC(=O)c1cccc(Br)n1. The van der Waals surface area contributed by atoms with Crippen molar-refractivity contribution in [1.82, 2.24) is 19.9 Å². The maximum atomic E-state index is 11.9. The normalized spacial score (nSPS) is 12.1. The first-order valence-corrected chi connectivity index (χ1v) is 6.33. The molecule has 0 aromatic carbocycles. The molecule has 2 aromatic heterocycles. The molecule has 1 atom stereocenters. The lowest BCUT2D eigenvalue weighted by atomic mass is 10.3. The molecule has 0 bridgehead atoms. The van der Waals surface area contributed by atoms with E-state index >= 15 is 0 Å². The highest BCUT2D eigenvalue weighted by Gasteiger charge is 2.11. The molecule has 1 unspecified atom stereocenters. The van der Waals surface area contributed by atoms with Gasteiger partial charge >= 0.3 is 0 Å². The van der Waals surface area contributed by atoms with Crippen molar-refractivity contribution >= 4 is 21.8 Å². The van der Waals surface area contributed by atoms with Crippen molar-refractivity contribution < 1.29 is 4.79 Å². The van der Waals surface area contributed by atoms with Crippen molar-refractivity contribution in [3.8, 4) is 0 Å². The zero-order valence-corrected chi connectivity index (χ0v) is 11.5. The maximum Gasteiger partial charge on any atom is 0.270 e. The molecule has 2 heterocycles. The molecular formula is C12H13BrN4O. The third-order valence-electron chi connectivity index (χ3n) is 2.37. The number of carbonyl (C=O) groups excluding carboxylic acids is 1. The van der Waals surface area contributed by atoms with Crippen molar-refractivity contribution in [1.29, 1.82) is 0 Å². The Hall–Kier alpha value is -1.69. The zero-order chi connectivity index (χ0) is 13.0. The predicted octanol–water partition coefficient (Wildman–Crippen LogP) is 1.86. The van der Waals surface area contributed by atoms with E-state index in [9.17, 15) is 4.79 Å². The Morgan fingerprint density at radius 2 is 2.39 bits per heavy atom. The van der Waals surface area contributed by atoms with Gasteiger partial charge in [0.2, 0.25) is 0 Å². The van der Waals surface area contributed by atoms with Crippen LogP contribution in [0.4, 0.5) is 0 Å². The number of halogens is 1. The van der Waals surface area contributed by atoms with E-state index < -0.39 is 0 Å². The number of amides is 1. The van der Waals surface area contributed by atoms with Gasteiger partial charge in [0.05, 0.1) is 6.33 Å². The van der Waals surface area contributed by atoms with Gasteiger partial charge in [-0.3, -0.25) is 4.79 Å². The molecule has 5 nitrogen and oxygen atoms in total. The van der Waals surface area contributed by atoms with Gasteiger partial charge in [-0.25, -0.2) is 9.97 Å². The summed E-state index contributed by atoms with van der Waals surface area (Å²) in [5.41, 5.74) is 0.404. The molecule has 0 radical (unpaired) electrons. The highest BCUT2D eigenvalue weighted by molar-refractivity contribution is 9.10. The molecule has 0 fully saturated rings. The first-order valence-electron chi connectivity index (χ1n) is 5.54. The lowest BCUT2D eigenvalue weighted by Gasteiger charge is -2.14. The standard InChI is InChI=1S/C12H13BrN4O/c1-9(7-17-6-5-14-8-17)15-12(18)10-3-2-4-11(13)16-10/h2-6,8-9H,7H2,1H3,(H,15,18). The second-order valence-electron chi connectivity index (χ2n) is 3.98. The van der Waals surface area contributed by atoms with Crippen LogP contribution < -0.4 is 5.32 Å². The predicted molar refractivity (Wildman–Crippen MR) is 71.1 cm³/mol. The number of carbonyl (C=O) groups is 1. The molecule has 6 heteroatoms. The van der Waals surface area contributed by atoms with Gasteiger partial charge in [-0.1, -0.05) is 6.07 Å². The highest BCUT2D eigenvalue weighted by atomic mass is 79.9. The van der Waals surface area contributed by atoms with Crippen LogP contribution >= 0.6 is 15.9 Å². The molecule has 94 valence electrons. The minimum Gasteiger partial charge on any atom is -0.346 e. The van der Waals surface area contributed by atoms with Gasteiger partial charge in [-0.05, 0) is 35.0 Å². The number of hydrogen-bond acceptors (Lipinski definition) is 3. The Bertz CT molecular complexity index is 527. The highest BCUT2D eigenvalue weighted by Crippen LogP contribution is 2.06. The molecule has 2 rings (SSSR count). The summed E-state index contributed by atoms with van der Waals surface area (Å²) in [7, 11) is 0. The van der Waals surface area contributed by atoms with Gasteiger partial charge in [0.15, 0.2) is 0 Å². The Balaban J connectivity index is 1.95. The minimum absolute atomic E-state index is 0.00693. The molecule has 0 aliphatic carbocycles. The average molecular weight is 309 g/mol. The average Bonchev–Trinajstić information content (AvgIpc) is 2.81. The summed E-state index contributed by atoms with van der Waals surface area (Å²) < 4.78 is 2.57. The monoisotopic (exact) mass is 308 g/mol. The van der Waals surface area contributed by atoms with E-state index in [4.69, 9.17) is 0 Å². The first kappa shape index (κ1) is 12.8. The van der Waals surface area contributed by atoms with E-state index in [1.807, 2.05) is 17.7 Å². The van der Waals surface area contributed by atoms with Crippen molar-refractivity contribution in [3.63, 3.8) is 0 Å². The lowest BCUT2D eigenvalue weighted by molar-refractivity contribution is 0.0931. The summed E-state index contributed by atoms with van der Waals surface area (Å²) in [6.45, 7) is 2.62. The van der Waals surface area contributed by atoms with E-state index in [1.54, 1.807) is 30.7 Å².